The van der Waals surface area contributed by atoms with Gasteiger partial charge in [-0.2, -0.15) is 4.99 Å². The Balaban J connectivity index is 2.48. The van der Waals surface area contributed by atoms with Crippen LogP contribution in [0, 0.1) is 5.82 Å². The van der Waals surface area contributed by atoms with E-state index in [0.29, 0.717) is 5.56 Å². The van der Waals surface area contributed by atoms with Crippen molar-refractivity contribution in [3.05, 3.63) is 52.8 Å². The molecule has 1 nitrogen and oxygen atoms in total. The van der Waals surface area contributed by atoms with Crippen molar-refractivity contribution < 1.29 is 4.39 Å². The highest BCUT2D eigenvalue weighted by Crippen LogP contribution is 2.33. The summed E-state index contributed by atoms with van der Waals surface area (Å²) in [6.45, 7) is 2.09. The number of thiocarbonyl (C=S) groups is 1. The van der Waals surface area contributed by atoms with Crippen molar-refractivity contribution in [3.8, 4) is 11.1 Å². The zero-order valence-corrected chi connectivity index (χ0v) is 11.9. The van der Waals surface area contributed by atoms with Crippen molar-refractivity contribution in [1.82, 2.24) is 0 Å². The summed E-state index contributed by atoms with van der Waals surface area (Å²) >= 11 is 10.5. The Morgan fingerprint density at radius 1 is 1.21 bits per heavy atom. The molecule has 0 radical (unpaired) electrons. The van der Waals surface area contributed by atoms with Crippen LogP contribution in [0.3, 0.4) is 0 Å². The summed E-state index contributed by atoms with van der Waals surface area (Å²) < 4.78 is 13.9. The largest absolute Gasteiger partial charge is 0.205 e. The van der Waals surface area contributed by atoms with Gasteiger partial charge in [0.1, 0.15) is 5.69 Å². The second kappa shape index (κ2) is 6.07. The summed E-state index contributed by atoms with van der Waals surface area (Å²) in [5.41, 5.74) is 2.90. The van der Waals surface area contributed by atoms with Gasteiger partial charge in [-0.1, -0.05) is 42.8 Å². The molecule has 0 saturated carbocycles. The second-order valence-corrected chi connectivity index (χ2v) is 4.63. The highest BCUT2D eigenvalue weighted by Gasteiger charge is 2.10. The minimum Gasteiger partial charge on any atom is -0.205 e. The molecule has 19 heavy (non-hydrogen) atoms. The molecule has 2 aromatic rings. The molecule has 0 aromatic heterocycles. The molecule has 4 heteroatoms. The second-order valence-electron chi connectivity index (χ2n) is 4.04. The van der Waals surface area contributed by atoms with Gasteiger partial charge in [-0.15, -0.1) is 0 Å². The number of nitrogens with zero attached hydrogens (tertiary/aromatic N) is 1. The van der Waals surface area contributed by atoms with Crippen LogP contribution in [0.15, 0.2) is 41.4 Å². The average molecular weight is 292 g/mol. The highest BCUT2D eigenvalue weighted by atomic mass is 35.5. The van der Waals surface area contributed by atoms with Crippen LogP contribution in [-0.2, 0) is 6.42 Å². The van der Waals surface area contributed by atoms with Crippen LogP contribution < -0.4 is 0 Å². The Kier molecular flexibility index (Phi) is 4.43. The minimum absolute atomic E-state index is 0.0330. The number of benzene rings is 2. The van der Waals surface area contributed by atoms with Gasteiger partial charge in [-0.3, -0.25) is 0 Å². The van der Waals surface area contributed by atoms with E-state index in [1.165, 1.54) is 11.6 Å². The Morgan fingerprint density at radius 2 is 1.89 bits per heavy atom. The highest BCUT2D eigenvalue weighted by molar-refractivity contribution is 7.78. The first-order chi connectivity index (χ1) is 9.15. The topological polar surface area (TPSA) is 12.4 Å². The summed E-state index contributed by atoms with van der Waals surface area (Å²) in [4.78, 5) is 3.63. The molecule has 0 fully saturated rings. The molecule has 0 bridgehead atoms. The van der Waals surface area contributed by atoms with Crippen LogP contribution in [0.2, 0.25) is 5.02 Å². The van der Waals surface area contributed by atoms with E-state index in [2.05, 4.69) is 29.3 Å². The maximum absolute atomic E-state index is 13.9. The molecule has 0 aliphatic heterocycles. The average Bonchev–Trinajstić information content (AvgIpc) is 2.43. The Morgan fingerprint density at radius 3 is 2.42 bits per heavy atom. The van der Waals surface area contributed by atoms with Crippen molar-refractivity contribution in [2.24, 2.45) is 4.99 Å². The van der Waals surface area contributed by atoms with Gasteiger partial charge in [0.15, 0.2) is 5.82 Å². The third-order valence-corrected chi connectivity index (χ3v) is 3.25. The fourth-order valence-electron chi connectivity index (χ4n) is 1.82. The van der Waals surface area contributed by atoms with Crippen molar-refractivity contribution in [2.75, 3.05) is 0 Å². The lowest BCUT2D eigenvalue weighted by Gasteiger charge is -2.06. The van der Waals surface area contributed by atoms with Gasteiger partial charge in [-0.25, -0.2) is 4.39 Å². The maximum atomic E-state index is 13.9. The number of aryl methyl sites for hydroxylation is 1. The van der Waals surface area contributed by atoms with Crippen LogP contribution in [0.1, 0.15) is 12.5 Å². The van der Waals surface area contributed by atoms with Crippen LogP contribution in [0.5, 0.6) is 0 Å². The third-order valence-electron chi connectivity index (χ3n) is 2.87. The molecular formula is C15H11ClFNS. The van der Waals surface area contributed by atoms with Gasteiger partial charge in [0.05, 0.1) is 10.2 Å². The first-order valence-electron chi connectivity index (χ1n) is 5.82. The molecule has 0 saturated heterocycles. The van der Waals surface area contributed by atoms with Crippen LogP contribution in [-0.4, -0.2) is 5.16 Å². The zero-order chi connectivity index (χ0) is 13.8. The third kappa shape index (κ3) is 3.07. The van der Waals surface area contributed by atoms with E-state index in [1.807, 2.05) is 24.3 Å². The lowest BCUT2D eigenvalue weighted by atomic mass is 10.0. The van der Waals surface area contributed by atoms with Gasteiger partial charge < -0.3 is 0 Å². The van der Waals surface area contributed by atoms with Crippen LogP contribution in [0.25, 0.3) is 11.1 Å². The minimum atomic E-state index is -0.501. The SMILES string of the molecule is CCc1ccc(-c2cc(F)c(N=C=S)c(Cl)c2)cc1. The summed E-state index contributed by atoms with van der Waals surface area (Å²) in [5, 5.41) is 2.35. The van der Waals surface area contributed by atoms with Gasteiger partial charge in [0.2, 0.25) is 0 Å². The number of hydrogen-bond donors (Lipinski definition) is 0. The normalized spacial score (nSPS) is 10.1. The van der Waals surface area contributed by atoms with E-state index in [-0.39, 0.29) is 10.7 Å². The van der Waals surface area contributed by atoms with Crippen molar-refractivity contribution in [3.63, 3.8) is 0 Å². The summed E-state index contributed by atoms with van der Waals surface area (Å²) in [6, 6.07) is 11.0. The molecule has 0 atom stereocenters. The Bertz CT molecular complexity index is 623. The predicted octanol–water partition coefficient (Wildman–Crippen LogP) is 5.44. The lowest BCUT2D eigenvalue weighted by molar-refractivity contribution is 0.630. The van der Waals surface area contributed by atoms with E-state index in [4.69, 9.17) is 11.6 Å². The molecule has 0 amide bonds. The molecule has 0 aliphatic carbocycles. The number of halogens is 2. The summed E-state index contributed by atoms with van der Waals surface area (Å²) in [7, 11) is 0. The first-order valence-corrected chi connectivity index (χ1v) is 6.60. The Hall–Kier alpha value is -1.54. The molecule has 2 aromatic carbocycles. The molecule has 96 valence electrons. The molecule has 2 rings (SSSR count). The Labute approximate surface area is 121 Å². The van der Waals surface area contributed by atoms with Gasteiger partial charge >= 0.3 is 0 Å². The molecule has 0 aliphatic rings. The van der Waals surface area contributed by atoms with E-state index in [0.717, 1.165) is 12.0 Å². The molecule has 0 unspecified atom stereocenters. The number of hydrogen-bond acceptors (Lipinski definition) is 2. The zero-order valence-electron chi connectivity index (χ0n) is 10.3. The van der Waals surface area contributed by atoms with Crippen molar-refractivity contribution in [2.45, 2.75) is 13.3 Å². The van der Waals surface area contributed by atoms with Gasteiger partial charge in [0.25, 0.3) is 0 Å². The fraction of sp³-hybridized carbons (Fsp3) is 0.133. The van der Waals surface area contributed by atoms with E-state index in [9.17, 15) is 4.39 Å². The molecule has 0 N–H and O–H groups in total. The van der Waals surface area contributed by atoms with Crippen molar-refractivity contribution >= 4 is 34.7 Å². The smallest absolute Gasteiger partial charge is 0.151 e. The summed E-state index contributed by atoms with van der Waals surface area (Å²) in [5.74, 6) is -0.501. The number of rotatable bonds is 3. The van der Waals surface area contributed by atoms with Crippen molar-refractivity contribution in [1.29, 1.82) is 0 Å². The maximum Gasteiger partial charge on any atom is 0.151 e. The van der Waals surface area contributed by atoms with E-state index >= 15 is 0 Å². The number of aliphatic imine (C=N–C) groups is 1. The lowest BCUT2D eigenvalue weighted by Crippen LogP contribution is -1.85. The fourth-order valence-corrected chi connectivity index (χ4v) is 2.16. The van der Waals surface area contributed by atoms with E-state index < -0.39 is 5.82 Å². The standard InChI is InChI=1S/C15H11ClFNS/c1-2-10-3-5-11(6-4-10)12-7-13(16)15(18-9-19)14(17)8-12/h3-8H,2H2,1H3. The van der Waals surface area contributed by atoms with Gasteiger partial charge in [0, 0.05) is 0 Å². The van der Waals surface area contributed by atoms with E-state index in [1.54, 1.807) is 6.07 Å². The molecular weight excluding hydrogens is 281 g/mol. The first kappa shape index (κ1) is 13.9. The van der Waals surface area contributed by atoms with Gasteiger partial charge in [-0.05, 0) is 47.5 Å². The van der Waals surface area contributed by atoms with Crippen LogP contribution in [0.4, 0.5) is 10.1 Å². The monoisotopic (exact) mass is 291 g/mol. The molecule has 0 spiro atoms. The number of isothiocyanates is 1. The summed E-state index contributed by atoms with van der Waals surface area (Å²) in [6.07, 6.45) is 0.970. The predicted molar refractivity (Wildman–Crippen MR) is 80.9 cm³/mol. The quantitative estimate of drug-likeness (QED) is 0.541. The van der Waals surface area contributed by atoms with Crippen LogP contribution >= 0.6 is 23.8 Å². The molecule has 0 heterocycles.